The highest BCUT2D eigenvalue weighted by Crippen LogP contribution is 2.21. The molecule has 6 heteroatoms. The van der Waals surface area contributed by atoms with Gasteiger partial charge in [-0.05, 0) is 26.2 Å². The number of nitrogens with zero attached hydrogens (tertiary/aromatic N) is 1. The van der Waals surface area contributed by atoms with Gasteiger partial charge >= 0.3 is 5.97 Å². The van der Waals surface area contributed by atoms with E-state index in [1.165, 1.54) is 6.07 Å². The first-order chi connectivity index (χ1) is 7.49. The number of carbonyl (C=O) groups is 2. The Morgan fingerprint density at radius 2 is 2.12 bits per heavy atom. The lowest BCUT2D eigenvalue weighted by atomic mass is 10.4. The van der Waals surface area contributed by atoms with Crippen LogP contribution in [-0.4, -0.2) is 42.5 Å². The summed E-state index contributed by atoms with van der Waals surface area (Å²) in [6.45, 7) is 0.670. The third-order valence-corrected chi connectivity index (χ3v) is 2.85. The second kappa shape index (κ2) is 5.62. The number of rotatable bonds is 5. The standard InChI is InChI=1S/C10H14N2O3S/c1-12(2)6-5-8(13)11-9-4-3-7(16-9)10(14)15/h3-4H,5-6H2,1-2H3,(H,11,13)(H,14,15). The average Bonchev–Trinajstić information content (AvgIpc) is 2.63. The van der Waals surface area contributed by atoms with Crippen LogP contribution in [0.2, 0.25) is 0 Å². The van der Waals surface area contributed by atoms with E-state index < -0.39 is 5.97 Å². The van der Waals surface area contributed by atoms with Crippen molar-refractivity contribution in [2.24, 2.45) is 0 Å². The van der Waals surface area contributed by atoms with Crippen LogP contribution in [0, 0.1) is 0 Å². The maximum Gasteiger partial charge on any atom is 0.345 e. The van der Waals surface area contributed by atoms with Crippen molar-refractivity contribution in [3.63, 3.8) is 0 Å². The maximum atomic E-state index is 11.4. The van der Waals surface area contributed by atoms with Gasteiger partial charge in [-0.1, -0.05) is 0 Å². The van der Waals surface area contributed by atoms with Gasteiger partial charge in [-0.15, -0.1) is 11.3 Å². The highest BCUT2D eigenvalue weighted by Gasteiger charge is 2.09. The SMILES string of the molecule is CN(C)CCC(=O)Nc1ccc(C(=O)O)s1. The molecule has 16 heavy (non-hydrogen) atoms. The summed E-state index contributed by atoms with van der Waals surface area (Å²) in [5.74, 6) is -1.08. The summed E-state index contributed by atoms with van der Waals surface area (Å²) in [4.78, 5) is 24.2. The third kappa shape index (κ3) is 4.00. The van der Waals surface area contributed by atoms with Crippen LogP contribution in [0.15, 0.2) is 12.1 Å². The van der Waals surface area contributed by atoms with E-state index in [2.05, 4.69) is 5.32 Å². The van der Waals surface area contributed by atoms with Crippen LogP contribution in [0.3, 0.4) is 0 Å². The largest absolute Gasteiger partial charge is 0.477 e. The third-order valence-electron chi connectivity index (χ3n) is 1.87. The predicted molar refractivity (Wildman–Crippen MR) is 63.1 cm³/mol. The summed E-state index contributed by atoms with van der Waals surface area (Å²) in [5, 5.41) is 11.9. The molecule has 0 aliphatic heterocycles. The van der Waals surface area contributed by atoms with Crippen LogP contribution in [0.4, 0.5) is 5.00 Å². The van der Waals surface area contributed by atoms with E-state index >= 15 is 0 Å². The van der Waals surface area contributed by atoms with E-state index in [9.17, 15) is 9.59 Å². The summed E-state index contributed by atoms with van der Waals surface area (Å²) in [6, 6.07) is 3.08. The van der Waals surface area contributed by atoms with Crippen LogP contribution in [-0.2, 0) is 4.79 Å². The van der Waals surface area contributed by atoms with E-state index in [4.69, 9.17) is 5.11 Å². The number of carboxylic acid groups (broad SMARTS) is 1. The summed E-state index contributed by atoms with van der Waals surface area (Å²) < 4.78 is 0. The normalized spacial score (nSPS) is 10.4. The van der Waals surface area contributed by atoms with Gasteiger partial charge in [-0.25, -0.2) is 4.79 Å². The van der Waals surface area contributed by atoms with Gasteiger partial charge in [0.25, 0.3) is 0 Å². The first-order valence-corrected chi connectivity index (χ1v) is 5.58. The minimum atomic E-state index is -0.973. The van der Waals surface area contributed by atoms with Gasteiger partial charge in [-0.3, -0.25) is 4.79 Å². The molecule has 0 unspecified atom stereocenters. The Kier molecular flexibility index (Phi) is 4.45. The summed E-state index contributed by atoms with van der Waals surface area (Å²) >= 11 is 1.06. The fraction of sp³-hybridized carbons (Fsp3) is 0.400. The van der Waals surface area contributed by atoms with E-state index in [-0.39, 0.29) is 10.8 Å². The molecule has 1 aromatic rings. The lowest BCUT2D eigenvalue weighted by molar-refractivity contribution is -0.116. The Balaban J connectivity index is 2.46. The van der Waals surface area contributed by atoms with Crippen LogP contribution in [0.1, 0.15) is 16.1 Å². The molecule has 1 amide bonds. The fourth-order valence-electron chi connectivity index (χ4n) is 1.05. The van der Waals surface area contributed by atoms with E-state index in [1.807, 2.05) is 19.0 Å². The highest BCUT2D eigenvalue weighted by molar-refractivity contribution is 7.18. The van der Waals surface area contributed by atoms with Gasteiger partial charge < -0.3 is 15.3 Å². The van der Waals surface area contributed by atoms with Crippen molar-refractivity contribution in [2.45, 2.75) is 6.42 Å². The molecule has 1 heterocycles. The number of nitrogens with one attached hydrogen (secondary N) is 1. The van der Waals surface area contributed by atoms with Gasteiger partial charge in [0.2, 0.25) is 5.91 Å². The number of hydrogen-bond acceptors (Lipinski definition) is 4. The lowest BCUT2D eigenvalue weighted by Gasteiger charge is -2.08. The molecule has 1 rings (SSSR count). The summed E-state index contributed by atoms with van der Waals surface area (Å²) in [7, 11) is 3.78. The average molecular weight is 242 g/mol. The lowest BCUT2D eigenvalue weighted by Crippen LogP contribution is -2.20. The fourth-order valence-corrected chi connectivity index (χ4v) is 1.81. The quantitative estimate of drug-likeness (QED) is 0.817. The first-order valence-electron chi connectivity index (χ1n) is 4.76. The van der Waals surface area contributed by atoms with Gasteiger partial charge in [0.05, 0.1) is 5.00 Å². The monoisotopic (exact) mass is 242 g/mol. The molecule has 2 N–H and O–H groups in total. The Morgan fingerprint density at radius 3 is 2.62 bits per heavy atom. The van der Waals surface area contributed by atoms with Crippen molar-refractivity contribution >= 4 is 28.2 Å². The molecule has 88 valence electrons. The molecule has 0 aliphatic rings. The Labute approximate surface area is 97.7 Å². The maximum absolute atomic E-state index is 11.4. The number of hydrogen-bond donors (Lipinski definition) is 2. The van der Waals surface area contributed by atoms with Crippen LogP contribution >= 0.6 is 11.3 Å². The second-order valence-electron chi connectivity index (χ2n) is 3.57. The summed E-state index contributed by atoms with van der Waals surface area (Å²) in [5.41, 5.74) is 0. The van der Waals surface area contributed by atoms with Crippen molar-refractivity contribution in [2.75, 3.05) is 26.0 Å². The molecule has 0 radical (unpaired) electrons. The van der Waals surface area contributed by atoms with Crippen LogP contribution < -0.4 is 5.32 Å². The molecule has 1 aromatic heterocycles. The van der Waals surface area contributed by atoms with E-state index in [0.29, 0.717) is 18.0 Å². The number of amides is 1. The molecule has 0 fully saturated rings. The Morgan fingerprint density at radius 1 is 1.44 bits per heavy atom. The Bertz CT molecular complexity index is 387. The Hall–Kier alpha value is -1.40. The van der Waals surface area contributed by atoms with Crippen molar-refractivity contribution in [1.82, 2.24) is 4.90 Å². The zero-order chi connectivity index (χ0) is 12.1. The van der Waals surface area contributed by atoms with Gasteiger partial charge in [-0.2, -0.15) is 0 Å². The van der Waals surface area contributed by atoms with Crippen molar-refractivity contribution in [3.8, 4) is 0 Å². The molecule has 0 aromatic carbocycles. The molecule has 0 saturated heterocycles. The first kappa shape index (κ1) is 12.7. The smallest absolute Gasteiger partial charge is 0.345 e. The summed E-state index contributed by atoms with van der Waals surface area (Å²) in [6.07, 6.45) is 0.396. The van der Waals surface area contributed by atoms with E-state index in [0.717, 1.165) is 11.3 Å². The van der Waals surface area contributed by atoms with Gasteiger partial charge in [0, 0.05) is 13.0 Å². The van der Waals surface area contributed by atoms with Crippen molar-refractivity contribution in [1.29, 1.82) is 0 Å². The minimum Gasteiger partial charge on any atom is -0.477 e. The molecule has 5 nitrogen and oxygen atoms in total. The molecule has 0 aliphatic carbocycles. The number of anilines is 1. The molecular weight excluding hydrogens is 228 g/mol. The van der Waals surface area contributed by atoms with Crippen molar-refractivity contribution in [3.05, 3.63) is 17.0 Å². The highest BCUT2D eigenvalue weighted by atomic mass is 32.1. The second-order valence-corrected chi connectivity index (χ2v) is 4.65. The minimum absolute atomic E-state index is 0.104. The number of aromatic carboxylic acids is 1. The molecule has 0 saturated carbocycles. The van der Waals surface area contributed by atoms with Gasteiger partial charge in [0.1, 0.15) is 4.88 Å². The molecule has 0 spiro atoms. The van der Waals surface area contributed by atoms with E-state index in [1.54, 1.807) is 6.07 Å². The molecule has 0 bridgehead atoms. The van der Waals surface area contributed by atoms with Crippen LogP contribution in [0.5, 0.6) is 0 Å². The zero-order valence-corrected chi connectivity index (χ0v) is 10.0. The predicted octanol–water partition coefficient (Wildman–Crippen LogP) is 1.34. The molecular formula is C10H14N2O3S. The van der Waals surface area contributed by atoms with Crippen LogP contribution in [0.25, 0.3) is 0 Å². The number of thiophene rings is 1. The molecule has 0 atom stereocenters. The van der Waals surface area contributed by atoms with Gasteiger partial charge in [0.15, 0.2) is 0 Å². The van der Waals surface area contributed by atoms with Crippen molar-refractivity contribution < 1.29 is 14.7 Å². The number of carbonyl (C=O) groups excluding carboxylic acids is 1. The topological polar surface area (TPSA) is 69.6 Å². The number of carboxylic acids is 1. The zero-order valence-electron chi connectivity index (χ0n) is 9.19.